The van der Waals surface area contributed by atoms with Crippen molar-refractivity contribution in [3.63, 3.8) is 0 Å². The molecule has 2 aliphatic rings. The van der Waals surface area contributed by atoms with Gasteiger partial charge in [0.2, 0.25) is 0 Å². The van der Waals surface area contributed by atoms with Gasteiger partial charge in [-0.25, -0.2) is 0 Å². The zero-order chi connectivity index (χ0) is 11.9. The van der Waals surface area contributed by atoms with Crippen LogP contribution in [-0.2, 0) is 4.74 Å². The van der Waals surface area contributed by atoms with Crippen molar-refractivity contribution in [1.29, 1.82) is 0 Å². The molecule has 3 rings (SSSR count). The van der Waals surface area contributed by atoms with Crippen LogP contribution in [0.2, 0.25) is 0 Å². The van der Waals surface area contributed by atoms with E-state index >= 15 is 0 Å². The molecule has 2 aliphatic heterocycles. The Bertz CT molecular complexity index is 433. The van der Waals surface area contributed by atoms with Crippen LogP contribution in [0.1, 0.15) is 11.6 Å². The second-order valence-electron chi connectivity index (χ2n) is 3.92. The molecule has 0 spiro atoms. The Morgan fingerprint density at radius 3 is 2.94 bits per heavy atom. The highest BCUT2D eigenvalue weighted by molar-refractivity contribution is 5.50. The maximum absolute atomic E-state index is 13.0. The Hall–Kier alpha value is -1.40. The average molecular weight is 243 g/mol. The number of fused-ring (bicyclic) bond motifs is 1. The van der Waals surface area contributed by atoms with Crippen LogP contribution in [0.5, 0.6) is 11.5 Å². The van der Waals surface area contributed by atoms with Crippen molar-refractivity contribution in [3.05, 3.63) is 23.8 Å². The van der Waals surface area contributed by atoms with E-state index in [1.807, 2.05) is 0 Å². The lowest BCUT2D eigenvalue weighted by Gasteiger charge is -2.24. The fraction of sp³-hybridized carbons (Fsp3) is 0.455. The third-order valence-corrected chi connectivity index (χ3v) is 2.76. The number of rotatable bonds is 1. The molecule has 2 heterocycles. The third-order valence-electron chi connectivity index (χ3n) is 2.76. The molecular formula is C11H11F2NO3. The van der Waals surface area contributed by atoms with Crippen molar-refractivity contribution in [2.75, 3.05) is 19.8 Å². The van der Waals surface area contributed by atoms with Gasteiger partial charge in [-0.3, -0.25) is 0 Å². The number of ether oxygens (including phenoxy) is 3. The van der Waals surface area contributed by atoms with Crippen LogP contribution in [-0.4, -0.2) is 26.1 Å². The van der Waals surface area contributed by atoms with Crippen molar-refractivity contribution in [3.8, 4) is 11.5 Å². The van der Waals surface area contributed by atoms with Crippen LogP contribution in [0.25, 0.3) is 0 Å². The highest BCUT2D eigenvalue weighted by atomic mass is 19.3. The van der Waals surface area contributed by atoms with E-state index in [1.54, 1.807) is 12.1 Å². The summed E-state index contributed by atoms with van der Waals surface area (Å²) in [5.74, 6) is 0.167. The number of para-hydroxylation sites is 1. The van der Waals surface area contributed by atoms with E-state index in [2.05, 4.69) is 14.8 Å². The van der Waals surface area contributed by atoms with Crippen molar-refractivity contribution in [2.24, 2.45) is 0 Å². The molecule has 0 saturated carbocycles. The van der Waals surface area contributed by atoms with Gasteiger partial charge in [0.1, 0.15) is 0 Å². The van der Waals surface area contributed by atoms with Crippen LogP contribution in [0.15, 0.2) is 18.2 Å². The minimum absolute atomic E-state index is 0.0693. The smallest absolute Gasteiger partial charge is 0.395 e. The van der Waals surface area contributed by atoms with Gasteiger partial charge in [-0.1, -0.05) is 12.1 Å². The van der Waals surface area contributed by atoms with Crippen LogP contribution in [0, 0.1) is 0 Å². The molecule has 92 valence electrons. The topological polar surface area (TPSA) is 39.7 Å². The fourth-order valence-corrected chi connectivity index (χ4v) is 2.03. The molecule has 1 aromatic carbocycles. The lowest BCUT2D eigenvalue weighted by atomic mass is 10.1. The molecule has 1 fully saturated rings. The van der Waals surface area contributed by atoms with Crippen molar-refractivity contribution in [1.82, 2.24) is 5.32 Å². The van der Waals surface area contributed by atoms with Gasteiger partial charge < -0.3 is 19.5 Å². The number of halogens is 2. The number of benzene rings is 1. The van der Waals surface area contributed by atoms with Crippen molar-refractivity contribution >= 4 is 0 Å². The summed E-state index contributed by atoms with van der Waals surface area (Å²) in [4.78, 5) is 0. The molecular weight excluding hydrogens is 232 g/mol. The maximum Gasteiger partial charge on any atom is 0.586 e. The van der Waals surface area contributed by atoms with E-state index in [1.165, 1.54) is 6.07 Å². The highest BCUT2D eigenvalue weighted by Gasteiger charge is 2.45. The van der Waals surface area contributed by atoms with Gasteiger partial charge in [0, 0.05) is 12.1 Å². The number of morpholine rings is 1. The predicted octanol–water partition coefficient (Wildman–Crippen LogP) is 1.67. The number of alkyl halides is 2. The molecule has 0 aromatic heterocycles. The van der Waals surface area contributed by atoms with Gasteiger partial charge in [0.05, 0.1) is 19.3 Å². The van der Waals surface area contributed by atoms with Gasteiger partial charge in [-0.05, 0) is 6.07 Å². The zero-order valence-electron chi connectivity index (χ0n) is 8.91. The van der Waals surface area contributed by atoms with E-state index in [0.717, 1.165) is 0 Å². The average Bonchev–Trinajstić information content (AvgIpc) is 2.63. The quantitative estimate of drug-likeness (QED) is 0.814. The third kappa shape index (κ3) is 1.94. The lowest BCUT2D eigenvalue weighted by Crippen LogP contribution is -2.34. The van der Waals surface area contributed by atoms with Gasteiger partial charge >= 0.3 is 6.29 Å². The van der Waals surface area contributed by atoms with E-state index in [0.29, 0.717) is 25.3 Å². The Kier molecular flexibility index (Phi) is 2.41. The Balaban J connectivity index is 1.94. The molecule has 0 amide bonds. The lowest BCUT2D eigenvalue weighted by molar-refractivity contribution is -0.287. The van der Waals surface area contributed by atoms with E-state index < -0.39 is 6.29 Å². The normalized spacial score (nSPS) is 25.9. The summed E-state index contributed by atoms with van der Waals surface area (Å²) >= 11 is 0. The summed E-state index contributed by atoms with van der Waals surface area (Å²) in [5, 5.41) is 3.19. The minimum Gasteiger partial charge on any atom is -0.395 e. The fourth-order valence-electron chi connectivity index (χ4n) is 2.03. The molecule has 0 bridgehead atoms. The summed E-state index contributed by atoms with van der Waals surface area (Å²) in [7, 11) is 0. The molecule has 1 aromatic rings. The molecule has 1 saturated heterocycles. The molecule has 1 N–H and O–H groups in total. The standard InChI is InChI=1S/C11H11F2NO3/c12-11(13)16-9-3-1-2-7(10(9)17-11)8-6-15-5-4-14-8/h1-3,8,14H,4-6H2/t8-/m0/s1. The molecule has 0 radical (unpaired) electrons. The van der Waals surface area contributed by atoms with Crippen LogP contribution < -0.4 is 14.8 Å². The van der Waals surface area contributed by atoms with E-state index in [9.17, 15) is 8.78 Å². The molecule has 17 heavy (non-hydrogen) atoms. The molecule has 6 heteroatoms. The second-order valence-corrected chi connectivity index (χ2v) is 3.92. The first-order valence-corrected chi connectivity index (χ1v) is 5.35. The predicted molar refractivity (Wildman–Crippen MR) is 54.2 cm³/mol. The summed E-state index contributed by atoms with van der Waals surface area (Å²) in [6.45, 7) is 1.75. The van der Waals surface area contributed by atoms with E-state index in [-0.39, 0.29) is 17.5 Å². The molecule has 4 nitrogen and oxygen atoms in total. The van der Waals surface area contributed by atoms with Gasteiger partial charge in [-0.2, -0.15) is 0 Å². The van der Waals surface area contributed by atoms with Crippen LogP contribution in [0.3, 0.4) is 0 Å². The van der Waals surface area contributed by atoms with E-state index in [4.69, 9.17) is 4.74 Å². The molecule has 0 unspecified atom stereocenters. The second kappa shape index (κ2) is 3.82. The first kappa shape index (κ1) is 10.7. The number of hydrogen-bond acceptors (Lipinski definition) is 4. The molecule has 1 atom stereocenters. The summed E-state index contributed by atoms with van der Waals surface area (Å²) in [5.41, 5.74) is 0.638. The largest absolute Gasteiger partial charge is 0.586 e. The Morgan fingerprint density at radius 2 is 2.18 bits per heavy atom. The van der Waals surface area contributed by atoms with Gasteiger partial charge in [0.15, 0.2) is 11.5 Å². The first-order valence-electron chi connectivity index (χ1n) is 5.35. The number of nitrogens with one attached hydrogen (secondary N) is 1. The molecule has 0 aliphatic carbocycles. The highest BCUT2D eigenvalue weighted by Crippen LogP contribution is 2.45. The first-order chi connectivity index (χ1) is 8.16. The summed E-state index contributed by atoms with van der Waals surface area (Å²) in [6, 6.07) is 4.71. The Morgan fingerprint density at radius 1 is 1.29 bits per heavy atom. The zero-order valence-corrected chi connectivity index (χ0v) is 8.91. The Labute approximate surface area is 96.5 Å². The van der Waals surface area contributed by atoms with Crippen LogP contribution in [0.4, 0.5) is 8.78 Å². The monoisotopic (exact) mass is 243 g/mol. The number of hydrogen-bond donors (Lipinski definition) is 1. The van der Waals surface area contributed by atoms with Crippen molar-refractivity contribution in [2.45, 2.75) is 12.3 Å². The summed E-state index contributed by atoms with van der Waals surface area (Å²) in [6.07, 6.45) is -3.58. The van der Waals surface area contributed by atoms with Crippen LogP contribution >= 0.6 is 0 Å². The summed E-state index contributed by atoms with van der Waals surface area (Å²) < 4.78 is 40.2. The maximum atomic E-state index is 13.0. The van der Waals surface area contributed by atoms with Crippen molar-refractivity contribution < 1.29 is 23.0 Å². The SMILES string of the molecule is FC1(F)Oc2cccc([C@@H]3COCCN3)c2O1. The van der Waals surface area contributed by atoms with Gasteiger partial charge in [0.25, 0.3) is 0 Å². The van der Waals surface area contributed by atoms with Gasteiger partial charge in [-0.15, -0.1) is 8.78 Å². The minimum atomic E-state index is -3.58.